The van der Waals surface area contributed by atoms with Crippen LogP contribution >= 0.6 is 0 Å². The van der Waals surface area contributed by atoms with E-state index in [1.807, 2.05) is 0 Å². The second kappa shape index (κ2) is 3.91. The van der Waals surface area contributed by atoms with Gasteiger partial charge in [0.2, 0.25) is 5.43 Å². The smallest absolute Gasteiger partial charge is 0.285 e. The Labute approximate surface area is 84.3 Å². The third-order valence-electron chi connectivity index (χ3n) is 1.73. The Morgan fingerprint density at radius 1 is 1.27 bits per heavy atom. The first-order valence-corrected chi connectivity index (χ1v) is 4.24. The van der Waals surface area contributed by atoms with Gasteiger partial charge in [-0.1, -0.05) is 12.1 Å². The van der Waals surface area contributed by atoms with E-state index in [1.165, 1.54) is 30.5 Å². The van der Waals surface area contributed by atoms with E-state index in [0.29, 0.717) is 0 Å². The molecule has 0 bridgehead atoms. The molecular weight excluding hydrogens is 199 g/mol. The molecule has 1 heterocycles. The van der Waals surface area contributed by atoms with E-state index in [2.05, 4.69) is 10.2 Å². The normalized spacial score (nSPS) is 9.93. The molecule has 1 aromatic carbocycles. The first-order valence-electron chi connectivity index (χ1n) is 4.24. The van der Waals surface area contributed by atoms with E-state index in [4.69, 9.17) is 4.74 Å². The van der Waals surface area contributed by atoms with E-state index in [0.717, 1.165) is 0 Å². The van der Waals surface area contributed by atoms with Crippen LogP contribution in [-0.4, -0.2) is 10.2 Å². The fourth-order valence-electron chi connectivity index (χ4n) is 1.04. The molecular formula is C10H7FN2O2. The Bertz CT molecular complexity index is 525. The second-order valence-corrected chi connectivity index (χ2v) is 2.78. The number of halogens is 1. The zero-order valence-electron chi connectivity index (χ0n) is 7.61. The average molecular weight is 206 g/mol. The molecule has 0 saturated heterocycles. The molecule has 2 rings (SSSR count). The molecule has 2 aromatic rings. The van der Waals surface area contributed by atoms with Crippen LogP contribution in [0, 0.1) is 5.82 Å². The van der Waals surface area contributed by atoms with Gasteiger partial charge in [0.25, 0.3) is 5.88 Å². The Morgan fingerprint density at radius 2 is 2.07 bits per heavy atom. The fourth-order valence-corrected chi connectivity index (χ4v) is 1.04. The molecule has 0 aliphatic rings. The summed E-state index contributed by atoms with van der Waals surface area (Å²) in [7, 11) is 0. The quantitative estimate of drug-likeness (QED) is 0.813. The summed E-state index contributed by atoms with van der Waals surface area (Å²) < 4.78 is 18.2. The maximum absolute atomic E-state index is 13.1. The van der Waals surface area contributed by atoms with Gasteiger partial charge in [0.1, 0.15) is 0 Å². The molecule has 0 aliphatic carbocycles. The van der Waals surface area contributed by atoms with Crippen molar-refractivity contribution in [2.75, 3.05) is 0 Å². The molecule has 0 spiro atoms. The summed E-state index contributed by atoms with van der Waals surface area (Å²) in [6, 6.07) is 7.06. The van der Waals surface area contributed by atoms with Crippen molar-refractivity contribution in [1.82, 2.24) is 10.2 Å². The minimum atomic E-state index is -0.539. The van der Waals surface area contributed by atoms with Crippen molar-refractivity contribution < 1.29 is 9.13 Å². The maximum Gasteiger partial charge on any atom is 0.285 e. The molecule has 1 N–H and O–H groups in total. The molecule has 0 atom stereocenters. The lowest BCUT2D eigenvalue weighted by Gasteiger charge is -2.03. The summed E-state index contributed by atoms with van der Waals surface area (Å²) in [6.45, 7) is 0. The number of ether oxygens (including phenoxy) is 1. The monoisotopic (exact) mass is 206 g/mol. The molecule has 0 amide bonds. The van der Waals surface area contributed by atoms with Gasteiger partial charge in [-0.05, 0) is 12.1 Å². The topological polar surface area (TPSA) is 55.0 Å². The van der Waals surface area contributed by atoms with Crippen LogP contribution in [0.1, 0.15) is 0 Å². The van der Waals surface area contributed by atoms with Crippen LogP contribution in [-0.2, 0) is 0 Å². The standard InChI is InChI=1S/C10H7FN2O2/c11-7-3-1-2-4-9(7)15-10-8(14)5-6-12-13-10/h1-6H,(H,12,14). The zero-order chi connectivity index (χ0) is 10.7. The van der Waals surface area contributed by atoms with Gasteiger partial charge in [-0.25, -0.2) is 4.39 Å². The summed E-state index contributed by atoms with van der Waals surface area (Å²) in [6.07, 6.45) is 1.37. The number of benzene rings is 1. The summed E-state index contributed by atoms with van der Waals surface area (Å²) in [4.78, 5) is 11.2. The summed E-state index contributed by atoms with van der Waals surface area (Å²) in [5.74, 6) is -0.744. The Morgan fingerprint density at radius 3 is 2.80 bits per heavy atom. The van der Waals surface area contributed by atoms with E-state index in [9.17, 15) is 9.18 Å². The highest BCUT2D eigenvalue weighted by Gasteiger charge is 2.06. The lowest BCUT2D eigenvalue weighted by Crippen LogP contribution is -2.06. The van der Waals surface area contributed by atoms with Gasteiger partial charge >= 0.3 is 0 Å². The van der Waals surface area contributed by atoms with E-state index >= 15 is 0 Å². The van der Waals surface area contributed by atoms with E-state index in [1.54, 1.807) is 6.07 Å². The number of hydrogen-bond acceptors (Lipinski definition) is 3. The van der Waals surface area contributed by atoms with Crippen LogP contribution in [0.25, 0.3) is 0 Å². The maximum atomic E-state index is 13.1. The van der Waals surface area contributed by atoms with Crippen molar-refractivity contribution in [3.05, 3.63) is 52.6 Å². The SMILES string of the molecule is O=c1cc[nH]nc1Oc1ccccc1F. The molecule has 76 valence electrons. The van der Waals surface area contributed by atoms with Crippen LogP contribution in [0.4, 0.5) is 4.39 Å². The first kappa shape index (κ1) is 9.39. The zero-order valence-corrected chi connectivity index (χ0v) is 7.61. The van der Waals surface area contributed by atoms with Crippen LogP contribution in [0.15, 0.2) is 41.3 Å². The minimum absolute atomic E-state index is 0.0262. The molecule has 0 radical (unpaired) electrons. The number of aromatic nitrogens is 2. The van der Waals surface area contributed by atoms with Crippen molar-refractivity contribution >= 4 is 0 Å². The van der Waals surface area contributed by atoms with Gasteiger partial charge in [-0.15, -0.1) is 5.10 Å². The highest BCUT2D eigenvalue weighted by Crippen LogP contribution is 2.19. The predicted octanol–water partition coefficient (Wildman–Crippen LogP) is 1.70. The van der Waals surface area contributed by atoms with Crippen LogP contribution in [0.2, 0.25) is 0 Å². The third kappa shape index (κ3) is 2.01. The van der Waals surface area contributed by atoms with E-state index in [-0.39, 0.29) is 11.6 Å². The van der Waals surface area contributed by atoms with Crippen molar-refractivity contribution in [3.63, 3.8) is 0 Å². The number of rotatable bonds is 2. The van der Waals surface area contributed by atoms with Crippen LogP contribution < -0.4 is 10.2 Å². The highest BCUT2D eigenvalue weighted by atomic mass is 19.1. The van der Waals surface area contributed by atoms with Crippen molar-refractivity contribution in [2.24, 2.45) is 0 Å². The Kier molecular flexibility index (Phi) is 2.45. The van der Waals surface area contributed by atoms with Crippen molar-refractivity contribution in [1.29, 1.82) is 0 Å². The summed E-state index contributed by atoms with van der Waals surface area (Å²) >= 11 is 0. The summed E-state index contributed by atoms with van der Waals surface area (Å²) in [5.41, 5.74) is -0.406. The minimum Gasteiger partial charge on any atom is -0.432 e. The van der Waals surface area contributed by atoms with Gasteiger partial charge in [0, 0.05) is 12.3 Å². The predicted molar refractivity (Wildman–Crippen MR) is 51.3 cm³/mol. The van der Waals surface area contributed by atoms with Crippen LogP contribution in [0.5, 0.6) is 11.6 Å². The van der Waals surface area contributed by atoms with Crippen molar-refractivity contribution in [3.8, 4) is 11.6 Å². The van der Waals surface area contributed by atoms with Gasteiger partial charge in [-0.2, -0.15) is 0 Å². The molecule has 1 aromatic heterocycles. The Balaban J connectivity index is 2.34. The fraction of sp³-hybridized carbons (Fsp3) is 0. The Hall–Kier alpha value is -2.17. The lowest BCUT2D eigenvalue weighted by molar-refractivity contribution is 0.418. The summed E-state index contributed by atoms with van der Waals surface area (Å²) in [5, 5.41) is 6.03. The second-order valence-electron chi connectivity index (χ2n) is 2.78. The lowest BCUT2D eigenvalue weighted by atomic mass is 10.3. The van der Waals surface area contributed by atoms with Gasteiger partial charge < -0.3 is 4.74 Å². The average Bonchev–Trinajstić information content (AvgIpc) is 2.24. The van der Waals surface area contributed by atoms with Gasteiger partial charge in [-0.3, -0.25) is 9.89 Å². The number of hydrogen-bond donors (Lipinski definition) is 1. The first-order chi connectivity index (χ1) is 7.27. The molecule has 0 fully saturated rings. The number of aromatic amines is 1. The number of nitrogens with zero attached hydrogens (tertiary/aromatic N) is 1. The number of para-hydroxylation sites is 1. The molecule has 0 aliphatic heterocycles. The van der Waals surface area contributed by atoms with E-state index < -0.39 is 11.2 Å². The molecule has 4 nitrogen and oxygen atoms in total. The van der Waals surface area contributed by atoms with Crippen LogP contribution in [0.3, 0.4) is 0 Å². The van der Waals surface area contributed by atoms with Crippen molar-refractivity contribution in [2.45, 2.75) is 0 Å². The number of H-pyrrole nitrogens is 1. The highest BCUT2D eigenvalue weighted by molar-refractivity contribution is 5.27. The molecule has 0 saturated carbocycles. The molecule has 0 unspecified atom stereocenters. The largest absolute Gasteiger partial charge is 0.432 e. The van der Waals surface area contributed by atoms with Gasteiger partial charge in [0.15, 0.2) is 11.6 Å². The molecule has 5 heteroatoms. The van der Waals surface area contributed by atoms with Gasteiger partial charge in [0.05, 0.1) is 0 Å². The molecule has 15 heavy (non-hydrogen) atoms. The number of nitrogens with one attached hydrogen (secondary N) is 1. The third-order valence-corrected chi connectivity index (χ3v) is 1.73.